The quantitative estimate of drug-likeness (QED) is 0.889. The SMILES string of the molecule is O=C1CCC[C@H]([C@H](NC(=O)c2ccc(F)c(F)c2)C(=O)O)C1. The van der Waals surface area contributed by atoms with Crippen LogP contribution in [-0.2, 0) is 9.59 Å². The normalized spacial score (nSPS) is 19.5. The minimum Gasteiger partial charge on any atom is -0.480 e. The molecule has 0 radical (unpaired) electrons. The molecule has 0 saturated heterocycles. The Balaban J connectivity index is 2.13. The summed E-state index contributed by atoms with van der Waals surface area (Å²) in [4.78, 5) is 34.8. The summed E-state index contributed by atoms with van der Waals surface area (Å²) in [6.45, 7) is 0. The van der Waals surface area contributed by atoms with Gasteiger partial charge in [0.25, 0.3) is 5.91 Å². The summed E-state index contributed by atoms with van der Waals surface area (Å²) >= 11 is 0. The minimum absolute atomic E-state index is 0.0374. The predicted molar refractivity (Wildman–Crippen MR) is 72.2 cm³/mol. The van der Waals surface area contributed by atoms with Crippen LogP contribution in [0.25, 0.3) is 0 Å². The summed E-state index contributed by atoms with van der Waals surface area (Å²) in [5, 5.41) is 11.5. The van der Waals surface area contributed by atoms with Crippen molar-refractivity contribution in [1.29, 1.82) is 0 Å². The molecule has 1 saturated carbocycles. The predicted octanol–water partition coefficient (Wildman–Crippen LogP) is 1.91. The second-order valence-corrected chi connectivity index (χ2v) is 5.31. The number of carbonyl (C=O) groups is 3. The molecule has 0 aliphatic heterocycles. The number of carboxylic acid groups (broad SMARTS) is 1. The van der Waals surface area contributed by atoms with E-state index >= 15 is 0 Å². The van der Waals surface area contributed by atoms with E-state index in [1.807, 2.05) is 0 Å². The van der Waals surface area contributed by atoms with Gasteiger partial charge in [0.15, 0.2) is 11.6 Å². The maximum absolute atomic E-state index is 13.1. The van der Waals surface area contributed by atoms with E-state index in [-0.39, 0.29) is 17.8 Å². The smallest absolute Gasteiger partial charge is 0.326 e. The van der Waals surface area contributed by atoms with E-state index in [2.05, 4.69) is 5.32 Å². The molecule has 0 unspecified atom stereocenters. The monoisotopic (exact) mass is 311 g/mol. The molecule has 1 aromatic carbocycles. The Morgan fingerprint density at radius 2 is 2.00 bits per heavy atom. The van der Waals surface area contributed by atoms with Crippen LogP contribution in [0.1, 0.15) is 36.0 Å². The fourth-order valence-electron chi connectivity index (χ4n) is 2.59. The third-order valence-corrected chi connectivity index (χ3v) is 3.73. The van der Waals surface area contributed by atoms with Crippen LogP contribution < -0.4 is 5.32 Å². The van der Waals surface area contributed by atoms with Crippen LogP contribution >= 0.6 is 0 Å². The Labute approximate surface area is 125 Å². The number of carboxylic acids is 1. The van der Waals surface area contributed by atoms with Gasteiger partial charge in [0, 0.05) is 18.4 Å². The summed E-state index contributed by atoms with van der Waals surface area (Å²) in [6.07, 6.45) is 1.60. The third-order valence-electron chi connectivity index (χ3n) is 3.73. The summed E-state index contributed by atoms with van der Waals surface area (Å²) in [6, 6.07) is 1.34. The van der Waals surface area contributed by atoms with Crippen LogP contribution in [0, 0.1) is 17.6 Å². The zero-order chi connectivity index (χ0) is 16.3. The molecule has 1 fully saturated rings. The zero-order valence-electron chi connectivity index (χ0n) is 11.6. The zero-order valence-corrected chi connectivity index (χ0v) is 11.6. The highest BCUT2D eigenvalue weighted by Gasteiger charge is 2.33. The number of ketones is 1. The Bertz CT molecular complexity index is 618. The molecule has 0 heterocycles. The maximum atomic E-state index is 13.1. The van der Waals surface area contributed by atoms with Gasteiger partial charge >= 0.3 is 5.97 Å². The first-order valence-corrected chi connectivity index (χ1v) is 6.89. The van der Waals surface area contributed by atoms with Crippen molar-refractivity contribution < 1.29 is 28.3 Å². The number of rotatable bonds is 4. The van der Waals surface area contributed by atoms with E-state index in [0.29, 0.717) is 25.3 Å². The number of hydrogen-bond acceptors (Lipinski definition) is 3. The highest BCUT2D eigenvalue weighted by molar-refractivity contribution is 5.96. The fourth-order valence-corrected chi connectivity index (χ4v) is 2.59. The lowest BCUT2D eigenvalue weighted by molar-refractivity contribution is -0.141. The highest BCUT2D eigenvalue weighted by Crippen LogP contribution is 2.25. The van der Waals surface area contributed by atoms with E-state index in [9.17, 15) is 28.3 Å². The largest absolute Gasteiger partial charge is 0.480 e. The molecule has 2 N–H and O–H groups in total. The van der Waals surface area contributed by atoms with Gasteiger partial charge in [0.1, 0.15) is 11.8 Å². The van der Waals surface area contributed by atoms with Crippen LogP contribution in [-0.4, -0.2) is 28.8 Å². The van der Waals surface area contributed by atoms with Gasteiger partial charge in [-0.25, -0.2) is 13.6 Å². The van der Waals surface area contributed by atoms with Gasteiger partial charge < -0.3 is 10.4 Å². The van der Waals surface area contributed by atoms with E-state index in [0.717, 1.165) is 12.1 Å². The van der Waals surface area contributed by atoms with Crippen molar-refractivity contribution >= 4 is 17.7 Å². The fraction of sp³-hybridized carbons (Fsp3) is 0.400. The van der Waals surface area contributed by atoms with Gasteiger partial charge in [-0.3, -0.25) is 9.59 Å². The lowest BCUT2D eigenvalue weighted by Gasteiger charge is -2.27. The van der Waals surface area contributed by atoms with Crippen molar-refractivity contribution in [3.05, 3.63) is 35.4 Å². The summed E-state index contributed by atoms with van der Waals surface area (Å²) < 4.78 is 26.0. The Morgan fingerprint density at radius 1 is 1.27 bits per heavy atom. The molecule has 1 amide bonds. The third kappa shape index (κ3) is 3.66. The van der Waals surface area contributed by atoms with Crippen molar-refractivity contribution in [2.24, 2.45) is 5.92 Å². The molecule has 0 aromatic heterocycles. The summed E-state index contributed by atoms with van der Waals surface area (Å²) in [5.74, 6) is -4.88. The number of Topliss-reactive ketones (excluding diaryl/α,β-unsaturated/α-hetero) is 1. The first-order valence-electron chi connectivity index (χ1n) is 6.89. The van der Waals surface area contributed by atoms with Crippen molar-refractivity contribution in [1.82, 2.24) is 5.32 Å². The van der Waals surface area contributed by atoms with Crippen LogP contribution in [0.4, 0.5) is 8.78 Å². The summed E-state index contributed by atoms with van der Waals surface area (Å²) in [7, 11) is 0. The van der Waals surface area contributed by atoms with Gasteiger partial charge in [-0.05, 0) is 37.0 Å². The molecular weight excluding hydrogens is 296 g/mol. The van der Waals surface area contributed by atoms with Crippen molar-refractivity contribution in [2.75, 3.05) is 0 Å². The molecule has 5 nitrogen and oxygen atoms in total. The van der Waals surface area contributed by atoms with Gasteiger partial charge in [0.2, 0.25) is 0 Å². The summed E-state index contributed by atoms with van der Waals surface area (Å²) in [5.41, 5.74) is -0.174. The first-order chi connectivity index (χ1) is 10.4. The topological polar surface area (TPSA) is 83.5 Å². The van der Waals surface area contributed by atoms with Gasteiger partial charge in [0.05, 0.1) is 0 Å². The van der Waals surface area contributed by atoms with Gasteiger partial charge in [-0.2, -0.15) is 0 Å². The molecule has 2 rings (SSSR count). The highest BCUT2D eigenvalue weighted by atomic mass is 19.2. The molecule has 1 aromatic rings. The van der Waals surface area contributed by atoms with E-state index < -0.39 is 35.5 Å². The van der Waals surface area contributed by atoms with Crippen molar-refractivity contribution in [2.45, 2.75) is 31.7 Å². The first kappa shape index (κ1) is 16.1. The number of aliphatic carboxylic acids is 1. The number of carbonyl (C=O) groups excluding carboxylic acids is 2. The standard InChI is InChI=1S/C15H15F2NO4/c16-11-5-4-9(7-12(11)17)14(20)18-13(15(21)22)8-2-1-3-10(19)6-8/h4-5,7-8,13H,1-3,6H2,(H,18,20)(H,21,22)/t8-,13-/m0/s1. The molecule has 0 bridgehead atoms. The number of nitrogens with one attached hydrogen (secondary N) is 1. The van der Waals surface area contributed by atoms with E-state index in [1.54, 1.807) is 0 Å². The molecule has 118 valence electrons. The molecule has 2 atom stereocenters. The van der Waals surface area contributed by atoms with Crippen molar-refractivity contribution in [3.63, 3.8) is 0 Å². The number of hydrogen-bond donors (Lipinski definition) is 2. The molecule has 1 aliphatic carbocycles. The van der Waals surface area contributed by atoms with Crippen LogP contribution in [0.3, 0.4) is 0 Å². The van der Waals surface area contributed by atoms with E-state index in [4.69, 9.17) is 0 Å². The Morgan fingerprint density at radius 3 is 2.59 bits per heavy atom. The van der Waals surface area contributed by atoms with E-state index in [1.165, 1.54) is 0 Å². The minimum atomic E-state index is -1.25. The average molecular weight is 311 g/mol. The van der Waals surface area contributed by atoms with Gasteiger partial charge in [-0.15, -0.1) is 0 Å². The number of benzene rings is 1. The second kappa shape index (κ2) is 6.64. The molecule has 22 heavy (non-hydrogen) atoms. The Kier molecular flexibility index (Phi) is 4.85. The second-order valence-electron chi connectivity index (χ2n) is 5.31. The van der Waals surface area contributed by atoms with Crippen LogP contribution in [0.5, 0.6) is 0 Å². The maximum Gasteiger partial charge on any atom is 0.326 e. The average Bonchev–Trinajstić information content (AvgIpc) is 2.47. The van der Waals surface area contributed by atoms with Crippen LogP contribution in [0.2, 0.25) is 0 Å². The number of halogens is 2. The molecular formula is C15H15F2NO4. The Hall–Kier alpha value is -2.31. The molecule has 0 spiro atoms. The van der Waals surface area contributed by atoms with Crippen molar-refractivity contribution in [3.8, 4) is 0 Å². The van der Waals surface area contributed by atoms with Crippen LogP contribution in [0.15, 0.2) is 18.2 Å². The van der Waals surface area contributed by atoms with Gasteiger partial charge in [-0.1, -0.05) is 0 Å². The molecule has 1 aliphatic rings. The number of amides is 1. The lowest BCUT2D eigenvalue weighted by Crippen LogP contribution is -2.47. The lowest BCUT2D eigenvalue weighted by atomic mass is 9.83. The molecule has 7 heteroatoms.